The van der Waals surface area contributed by atoms with Gasteiger partial charge >= 0.3 is 5.76 Å². The van der Waals surface area contributed by atoms with Crippen LogP contribution >= 0.6 is 0 Å². The van der Waals surface area contributed by atoms with Gasteiger partial charge in [-0.3, -0.25) is 9.67 Å². The molecule has 0 saturated heterocycles. The van der Waals surface area contributed by atoms with Crippen LogP contribution in [0.4, 0.5) is 0 Å². The minimum atomic E-state index is -0.441. The molecule has 19 heavy (non-hydrogen) atoms. The van der Waals surface area contributed by atoms with Crippen LogP contribution in [0, 0.1) is 0 Å². The van der Waals surface area contributed by atoms with Crippen LogP contribution in [0.1, 0.15) is 5.56 Å². The Hall–Kier alpha value is -2.34. The minimum Gasteiger partial charge on any atom is -0.408 e. The van der Waals surface area contributed by atoms with Gasteiger partial charge in [-0.1, -0.05) is 6.07 Å². The maximum Gasteiger partial charge on any atom is 0.417 e. The molecule has 2 aromatic heterocycles. The van der Waals surface area contributed by atoms with E-state index in [1.807, 2.05) is 38.5 Å². The summed E-state index contributed by atoms with van der Waals surface area (Å²) in [6, 6.07) is 5.58. The number of nitrogens with one attached hydrogen (secondary N) is 2. The molecule has 0 saturated carbocycles. The molecule has 0 unspecified atom stereocenters. The quantitative estimate of drug-likeness (QED) is 0.741. The zero-order chi connectivity index (χ0) is 13.4. The van der Waals surface area contributed by atoms with Crippen molar-refractivity contribution in [1.82, 2.24) is 20.1 Å². The van der Waals surface area contributed by atoms with Crippen molar-refractivity contribution in [2.45, 2.75) is 6.54 Å². The van der Waals surface area contributed by atoms with Crippen molar-refractivity contribution in [3.05, 3.63) is 40.5 Å². The van der Waals surface area contributed by atoms with Gasteiger partial charge in [0.05, 0.1) is 11.2 Å². The normalized spacial score (nSPS) is 11.3. The molecule has 6 nitrogen and oxygen atoms in total. The number of benzene rings is 1. The summed E-state index contributed by atoms with van der Waals surface area (Å²) in [5.41, 5.74) is 4.16. The zero-order valence-electron chi connectivity index (χ0n) is 10.7. The third kappa shape index (κ3) is 2.06. The van der Waals surface area contributed by atoms with Crippen molar-refractivity contribution in [3.63, 3.8) is 0 Å². The summed E-state index contributed by atoms with van der Waals surface area (Å²) >= 11 is 0. The molecule has 2 heterocycles. The van der Waals surface area contributed by atoms with Gasteiger partial charge in [0.1, 0.15) is 0 Å². The van der Waals surface area contributed by atoms with E-state index in [0.717, 1.165) is 23.4 Å². The molecule has 0 spiro atoms. The summed E-state index contributed by atoms with van der Waals surface area (Å²) in [4.78, 5) is 13.8. The smallest absolute Gasteiger partial charge is 0.408 e. The molecule has 0 aliphatic carbocycles. The number of hydrogen-bond donors (Lipinski definition) is 2. The topological polar surface area (TPSA) is 75.8 Å². The monoisotopic (exact) mass is 258 g/mol. The maximum atomic E-state index is 11.2. The summed E-state index contributed by atoms with van der Waals surface area (Å²) in [5.74, 6) is -0.441. The molecule has 98 valence electrons. The first kappa shape index (κ1) is 11.7. The van der Waals surface area contributed by atoms with Crippen LogP contribution in [0.5, 0.6) is 0 Å². The lowest BCUT2D eigenvalue weighted by Gasteiger charge is -2.01. The van der Waals surface area contributed by atoms with E-state index in [9.17, 15) is 4.79 Å². The molecule has 6 heteroatoms. The SMILES string of the molecule is CNCc1cn(C)nc1-c1ccc2[nH]c(=O)oc2c1. The predicted molar refractivity (Wildman–Crippen MR) is 71.8 cm³/mol. The Bertz CT molecular complexity index is 781. The lowest BCUT2D eigenvalue weighted by molar-refractivity contribution is 0.555. The second-order valence-corrected chi connectivity index (χ2v) is 4.43. The Morgan fingerprint density at radius 3 is 3.11 bits per heavy atom. The average molecular weight is 258 g/mol. The second-order valence-electron chi connectivity index (χ2n) is 4.43. The third-order valence-electron chi connectivity index (χ3n) is 2.97. The first-order valence-corrected chi connectivity index (χ1v) is 5.98. The molecule has 2 N–H and O–H groups in total. The van der Waals surface area contributed by atoms with Gasteiger partial charge in [-0.2, -0.15) is 5.10 Å². The van der Waals surface area contributed by atoms with E-state index in [4.69, 9.17) is 4.42 Å². The van der Waals surface area contributed by atoms with Crippen LogP contribution in [0.15, 0.2) is 33.6 Å². The first-order valence-electron chi connectivity index (χ1n) is 5.98. The predicted octanol–water partition coefficient (Wildman–Crippen LogP) is 1.24. The molecular weight excluding hydrogens is 244 g/mol. The Kier molecular flexibility index (Phi) is 2.72. The number of aromatic amines is 1. The minimum absolute atomic E-state index is 0.441. The van der Waals surface area contributed by atoms with Gasteiger partial charge in [0.15, 0.2) is 5.58 Å². The van der Waals surface area contributed by atoms with E-state index in [1.165, 1.54) is 0 Å². The zero-order valence-corrected chi connectivity index (χ0v) is 10.7. The van der Waals surface area contributed by atoms with Crippen LogP contribution in [0.2, 0.25) is 0 Å². The summed E-state index contributed by atoms with van der Waals surface area (Å²) in [6.45, 7) is 0.734. The number of rotatable bonds is 3. The first-order chi connectivity index (χ1) is 9.17. The van der Waals surface area contributed by atoms with Gasteiger partial charge in [-0.15, -0.1) is 0 Å². The van der Waals surface area contributed by atoms with Crippen LogP contribution in [-0.4, -0.2) is 21.8 Å². The van der Waals surface area contributed by atoms with Gasteiger partial charge in [-0.05, 0) is 19.2 Å². The van der Waals surface area contributed by atoms with E-state index < -0.39 is 5.76 Å². The van der Waals surface area contributed by atoms with E-state index in [2.05, 4.69) is 15.4 Å². The number of aromatic nitrogens is 3. The highest BCUT2D eigenvalue weighted by atomic mass is 16.4. The maximum absolute atomic E-state index is 11.2. The van der Waals surface area contributed by atoms with E-state index in [-0.39, 0.29) is 0 Å². The van der Waals surface area contributed by atoms with Gasteiger partial charge in [0, 0.05) is 30.9 Å². The average Bonchev–Trinajstić information content (AvgIpc) is 2.90. The number of H-pyrrole nitrogens is 1. The molecule has 3 aromatic rings. The standard InChI is InChI=1S/C13H14N4O2/c1-14-6-9-7-17(2)16-12(9)8-3-4-10-11(5-8)19-13(18)15-10/h3-5,7,14H,6H2,1-2H3,(H,15,18). The highest BCUT2D eigenvalue weighted by molar-refractivity contribution is 5.79. The van der Waals surface area contributed by atoms with Crippen LogP contribution in [-0.2, 0) is 13.6 Å². The fourth-order valence-electron chi connectivity index (χ4n) is 2.19. The summed E-state index contributed by atoms with van der Waals surface area (Å²) in [7, 11) is 3.78. The number of hydrogen-bond acceptors (Lipinski definition) is 4. The van der Waals surface area contributed by atoms with E-state index in [1.54, 1.807) is 4.68 Å². The van der Waals surface area contributed by atoms with Crippen molar-refractivity contribution >= 4 is 11.1 Å². The van der Waals surface area contributed by atoms with E-state index in [0.29, 0.717) is 11.1 Å². The fourth-order valence-corrected chi connectivity index (χ4v) is 2.19. The van der Waals surface area contributed by atoms with Crippen molar-refractivity contribution in [3.8, 4) is 11.3 Å². The Balaban J connectivity index is 2.15. The van der Waals surface area contributed by atoms with Crippen molar-refractivity contribution in [2.75, 3.05) is 7.05 Å². The number of fused-ring (bicyclic) bond motifs is 1. The highest BCUT2D eigenvalue weighted by Gasteiger charge is 2.11. The van der Waals surface area contributed by atoms with Gasteiger partial charge in [0.25, 0.3) is 0 Å². The molecule has 0 aliphatic heterocycles. The third-order valence-corrected chi connectivity index (χ3v) is 2.97. The van der Waals surface area contributed by atoms with Gasteiger partial charge < -0.3 is 9.73 Å². The molecule has 3 rings (SSSR count). The molecule has 0 aliphatic rings. The summed E-state index contributed by atoms with van der Waals surface area (Å²) in [6.07, 6.45) is 1.98. The molecule has 0 atom stereocenters. The largest absolute Gasteiger partial charge is 0.417 e. The Morgan fingerprint density at radius 1 is 1.47 bits per heavy atom. The lowest BCUT2D eigenvalue weighted by atomic mass is 10.1. The number of oxazole rings is 1. The van der Waals surface area contributed by atoms with Crippen molar-refractivity contribution < 1.29 is 4.42 Å². The van der Waals surface area contributed by atoms with Crippen molar-refractivity contribution in [2.24, 2.45) is 7.05 Å². The lowest BCUT2D eigenvalue weighted by Crippen LogP contribution is -2.05. The number of nitrogens with zero attached hydrogens (tertiary/aromatic N) is 2. The van der Waals surface area contributed by atoms with Gasteiger partial charge in [0.2, 0.25) is 0 Å². The highest BCUT2D eigenvalue weighted by Crippen LogP contribution is 2.24. The van der Waals surface area contributed by atoms with Crippen molar-refractivity contribution in [1.29, 1.82) is 0 Å². The van der Waals surface area contributed by atoms with Gasteiger partial charge in [-0.25, -0.2) is 4.79 Å². The van der Waals surface area contributed by atoms with Crippen LogP contribution in [0.25, 0.3) is 22.4 Å². The fraction of sp³-hybridized carbons (Fsp3) is 0.231. The summed E-state index contributed by atoms with van der Waals surface area (Å²) in [5, 5.41) is 7.58. The Morgan fingerprint density at radius 2 is 2.32 bits per heavy atom. The van der Waals surface area contributed by atoms with Crippen LogP contribution in [0.3, 0.4) is 0 Å². The molecule has 0 radical (unpaired) electrons. The summed E-state index contributed by atoms with van der Waals surface area (Å²) < 4.78 is 6.85. The van der Waals surface area contributed by atoms with E-state index >= 15 is 0 Å². The molecule has 0 bridgehead atoms. The molecule has 0 amide bonds. The Labute approximate surface area is 109 Å². The van der Waals surface area contributed by atoms with Crippen LogP contribution < -0.4 is 11.1 Å². The number of aryl methyl sites for hydroxylation is 1. The molecule has 1 aromatic carbocycles. The molecule has 0 fully saturated rings. The molecular formula is C13H14N4O2. The second kappa shape index (κ2) is 4.40.